The maximum atomic E-state index is 6.19. The summed E-state index contributed by atoms with van der Waals surface area (Å²) in [5.74, 6) is 1.61. The van der Waals surface area contributed by atoms with Gasteiger partial charge in [0.1, 0.15) is 12.2 Å². The molecule has 1 fully saturated rings. The molecule has 0 aromatic heterocycles. The molecule has 4 nitrogen and oxygen atoms in total. The van der Waals surface area contributed by atoms with Crippen molar-refractivity contribution in [1.82, 2.24) is 5.32 Å². The third-order valence-corrected chi connectivity index (χ3v) is 3.37. The van der Waals surface area contributed by atoms with Crippen LogP contribution in [0.5, 0.6) is 11.5 Å². The summed E-state index contributed by atoms with van der Waals surface area (Å²) in [4.78, 5) is 0. The SMILES string of the molecule is CCCC(Oc1ccccc1OCC)C1CNCCO1. The topological polar surface area (TPSA) is 39.7 Å². The second kappa shape index (κ2) is 8.12. The smallest absolute Gasteiger partial charge is 0.161 e. The van der Waals surface area contributed by atoms with Crippen LogP contribution in [0.4, 0.5) is 0 Å². The summed E-state index contributed by atoms with van der Waals surface area (Å²) >= 11 is 0. The van der Waals surface area contributed by atoms with Crippen molar-refractivity contribution >= 4 is 0 Å². The lowest BCUT2D eigenvalue weighted by molar-refractivity contribution is -0.0452. The van der Waals surface area contributed by atoms with Gasteiger partial charge in [0.15, 0.2) is 11.5 Å². The molecule has 0 spiro atoms. The van der Waals surface area contributed by atoms with E-state index in [4.69, 9.17) is 14.2 Å². The second-order valence-electron chi connectivity index (χ2n) is 4.94. The fourth-order valence-electron chi connectivity index (χ4n) is 2.42. The van der Waals surface area contributed by atoms with E-state index in [-0.39, 0.29) is 12.2 Å². The molecule has 0 radical (unpaired) electrons. The minimum Gasteiger partial charge on any atom is -0.490 e. The van der Waals surface area contributed by atoms with Crippen molar-refractivity contribution in [2.24, 2.45) is 0 Å². The van der Waals surface area contributed by atoms with Gasteiger partial charge in [-0.15, -0.1) is 0 Å². The van der Waals surface area contributed by atoms with Gasteiger partial charge in [-0.05, 0) is 25.5 Å². The highest BCUT2D eigenvalue weighted by Crippen LogP contribution is 2.29. The van der Waals surface area contributed by atoms with E-state index in [1.165, 1.54) is 0 Å². The van der Waals surface area contributed by atoms with E-state index < -0.39 is 0 Å². The van der Waals surface area contributed by atoms with Crippen LogP contribution in [0.1, 0.15) is 26.7 Å². The summed E-state index contributed by atoms with van der Waals surface area (Å²) in [6.07, 6.45) is 2.22. The van der Waals surface area contributed by atoms with Crippen LogP contribution >= 0.6 is 0 Å². The van der Waals surface area contributed by atoms with Crippen molar-refractivity contribution in [2.45, 2.75) is 38.9 Å². The minimum absolute atomic E-state index is 0.0643. The molecule has 112 valence electrons. The van der Waals surface area contributed by atoms with Crippen molar-refractivity contribution in [3.8, 4) is 11.5 Å². The second-order valence-corrected chi connectivity index (χ2v) is 4.94. The Morgan fingerprint density at radius 2 is 2.10 bits per heavy atom. The average Bonchev–Trinajstić information content (AvgIpc) is 2.50. The first kappa shape index (κ1) is 15.1. The number of hydrogen-bond acceptors (Lipinski definition) is 4. The van der Waals surface area contributed by atoms with E-state index in [0.29, 0.717) is 6.61 Å². The Bertz CT molecular complexity index is 391. The van der Waals surface area contributed by atoms with Crippen LogP contribution in [0.3, 0.4) is 0 Å². The lowest BCUT2D eigenvalue weighted by Gasteiger charge is -2.31. The van der Waals surface area contributed by atoms with Crippen LogP contribution in [-0.2, 0) is 4.74 Å². The van der Waals surface area contributed by atoms with Gasteiger partial charge in [0, 0.05) is 13.1 Å². The zero-order valence-electron chi connectivity index (χ0n) is 12.4. The summed E-state index contributed by atoms with van der Waals surface area (Å²) in [5, 5.41) is 3.36. The van der Waals surface area contributed by atoms with E-state index in [1.807, 2.05) is 31.2 Å². The third-order valence-electron chi connectivity index (χ3n) is 3.37. The molecule has 1 saturated heterocycles. The molecule has 1 aliphatic rings. The fraction of sp³-hybridized carbons (Fsp3) is 0.625. The third kappa shape index (κ3) is 4.12. The summed E-state index contributed by atoms with van der Waals surface area (Å²) < 4.78 is 17.6. The standard InChI is InChI=1S/C16H25NO3/c1-3-7-14(16-12-17-10-11-19-16)20-15-9-6-5-8-13(15)18-4-2/h5-6,8-9,14,16-17H,3-4,7,10-12H2,1-2H3. The van der Waals surface area contributed by atoms with E-state index in [9.17, 15) is 0 Å². The summed E-state index contributed by atoms with van der Waals surface area (Å²) in [7, 11) is 0. The molecule has 0 saturated carbocycles. The molecule has 1 N–H and O–H groups in total. The Hall–Kier alpha value is -1.26. The molecule has 20 heavy (non-hydrogen) atoms. The van der Waals surface area contributed by atoms with Gasteiger partial charge >= 0.3 is 0 Å². The molecule has 1 aliphatic heterocycles. The lowest BCUT2D eigenvalue weighted by atomic mass is 10.1. The Morgan fingerprint density at radius 3 is 2.75 bits per heavy atom. The molecule has 2 atom stereocenters. The van der Waals surface area contributed by atoms with Gasteiger partial charge in [0.2, 0.25) is 0 Å². The Labute approximate surface area is 121 Å². The number of ether oxygens (including phenoxy) is 3. The summed E-state index contributed by atoms with van der Waals surface area (Å²) in [6, 6.07) is 7.85. The zero-order chi connectivity index (χ0) is 14.2. The highest BCUT2D eigenvalue weighted by atomic mass is 16.6. The molecule has 0 bridgehead atoms. The van der Waals surface area contributed by atoms with Gasteiger partial charge in [-0.2, -0.15) is 0 Å². The van der Waals surface area contributed by atoms with E-state index in [2.05, 4.69) is 12.2 Å². The van der Waals surface area contributed by atoms with Gasteiger partial charge in [0.25, 0.3) is 0 Å². The number of para-hydroxylation sites is 2. The number of rotatable bonds is 7. The van der Waals surface area contributed by atoms with Gasteiger partial charge in [0.05, 0.1) is 13.2 Å². The molecule has 1 aromatic rings. The van der Waals surface area contributed by atoms with Gasteiger partial charge in [-0.3, -0.25) is 0 Å². The van der Waals surface area contributed by atoms with Crippen molar-refractivity contribution in [3.05, 3.63) is 24.3 Å². The predicted molar refractivity (Wildman–Crippen MR) is 79.5 cm³/mol. The Kier molecular flexibility index (Phi) is 6.15. The Morgan fingerprint density at radius 1 is 1.30 bits per heavy atom. The van der Waals surface area contributed by atoms with Crippen molar-refractivity contribution < 1.29 is 14.2 Å². The monoisotopic (exact) mass is 279 g/mol. The first-order chi connectivity index (χ1) is 9.85. The molecule has 1 heterocycles. The van der Waals surface area contributed by atoms with Crippen LogP contribution < -0.4 is 14.8 Å². The Balaban J connectivity index is 2.06. The van der Waals surface area contributed by atoms with Crippen molar-refractivity contribution in [1.29, 1.82) is 0 Å². The number of nitrogens with one attached hydrogen (secondary N) is 1. The van der Waals surface area contributed by atoms with Gasteiger partial charge < -0.3 is 19.5 Å². The van der Waals surface area contributed by atoms with Crippen LogP contribution in [-0.4, -0.2) is 38.5 Å². The molecule has 1 aromatic carbocycles. The normalized spacial score (nSPS) is 20.4. The van der Waals surface area contributed by atoms with Crippen LogP contribution in [0.25, 0.3) is 0 Å². The number of hydrogen-bond donors (Lipinski definition) is 1. The number of morpholine rings is 1. The van der Waals surface area contributed by atoms with E-state index >= 15 is 0 Å². The molecule has 4 heteroatoms. The largest absolute Gasteiger partial charge is 0.490 e. The zero-order valence-corrected chi connectivity index (χ0v) is 12.4. The highest BCUT2D eigenvalue weighted by Gasteiger charge is 2.26. The quantitative estimate of drug-likeness (QED) is 0.833. The maximum Gasteiger partial charge on any atom is 0.161 e. The van der Waals surface area contributed by atoms with Crippen molar-refractivity contribution in [2.75, 3.05) is 26.3 Å². The first-order valence-electron chi connectivity index (χ1n) is 7.56. The molecule has 0 aliphatic carbocycles. The van der Waals surface area contributed by atoms with Gasteiger partial charge in [-0.25, -0.2) is 0 Å². The molecule has 2 rings (SSSR count). The van der Waals surface area contributed by atoms with Gasteiger partial charge in [-0.1, -0.05) is 25.5 Å². The number of benzene rings is 1. The maximum absolute atomic E-state index is 6.19. The van der Waals surface area contributed by atoms with Crippen molar-refractivity contribution in [3.63, 3.8) is 0 Å². The lowest BCUT2D eigenvalue weighted by Crippen LogP contribution is -2.47. The van der Waals surface area contributed by atoms with Crippen LogP contribution in [0.15, 0.2) is 24.3 Å². The fourth-order valence-corrected chi connectivity index (χ4v) is 2.42. The average molecular weight is 279 g/mol. The van der Waals surface area contributed by atoms with E-state index in [1.54, 1.807) is 0 Å². The molecule has 2 unspecified atom stereocenters. The van der Waals surface area contributed by atoms with Crippen LogP contribution in [0.2, 0.25) is 0 Å². The highest BCUT2D eigenvalue weighted by molar-refractivity contribution is 5.39. The predicted octanol–water partition coefficient (Wildman–Crippen LogP) is 2.62. The molecular weight excluding hydrogens is 254 g/mol. The minimum atomic E-state index is 0.0643. The summed E-state index contributed by atoms with van der Waals surface area (Å²) in [5.41, 5.74) is 0. The molecule has 0 amide bonds. The molecular formula is C16H25NO3. The summed E-state index contributed by atoms with van der Waals surface area (Å²) in [6.45, 7) is 7.31. The first-order valence-corrected chi connectivity index (χ1v) is 7.56. The van der Waals surface area contributed by atoms with Crippen LogP contribution in [0, 0.1) is 0 Å². The van der Waals surface area contributed by atoms with E-state index in [0.717, 1.165) is 44.0 Å².